The lowest BCUT2D eigenvalue weighted by atomic mass is 9.85. The Balaban J connectivity index is 1.74. The molecule has 1 amide bonds. The molecular weight excluding hydrogens is 288 g/mol. The van der Waals surface area contributed by atoms with Crippen LogP contribution in [0.5, 0.6) is 0 Å². The number of amides is 1. The van der Waals surface area contributed by atoms with Gasteiger partial charge in [-0.1, -0.05) is 0 Å². The summed E-state index contributed by atoms with van der Waals surface area (Å²) in [6.07, 6.45) is 4.09. The molecule has 1 aromatic heterocycles. The average Bonchev–Trinajstić information content (AvgIpc) is 2.93. The molecule has 2 rings (SSSR count). The summed E-state index contributed by atoms with van der Waals surface area (Å²) in [6, 6.07) is 4.47. The quantitative estimate of drug-likeness (QED) is 0.782. The Morgan fingerprint density at radius 2 is 1.95 bits per heavy atom. The van der Waals surface area contributed by atoms with Crippen LogP contribution in [-0.4, -0.2) is 25.0 Å². The number of carbonyl (C=O) groups is 2. The number of hydrogen-bond donors (Lipinski definition) is 2. The van der Waals surface area contributed by atoms with Gasteiger partial charge in [-0.2, -0.15) is 0 Å². The van der Waals surface area contributed by atoms with Crippen molar-refractivity contribution in [2.45, 2.75) is 44.7 Å². The Kier molecular flexibility index (Phi) is 5.76. The summed E-state index contributed by atoms with van der Waals surface area (Å²) in [4.78, 5) is 24.6. The van der Waals surface area contributed by atoms with E-state index in [9.17, 15) is 9.59 Å². The van der Waals surface area contributed by atoms with Gasteiger partial charge in [-0.3, -0.25) is 9.59 Å². The zero-order valence-corrected chi connectivity index (χ0v) is 13.1. The van der Waals surface area contributed by atoms with Crippen molar-refractivity contribution < 1.29 is 14.3 Å². The van der Waals surface area contributed by atoms with Crippen molar-refractivity contribution >= 4 is 23.2 Å². The molecule has 1 aliphatic carbocycles. The average molecular weight is 310 g/mol. The second-order valence-electron chi connectivity index (χ2n) is 5.45. The van der Waals surface area contributed by atoms with E-state index in [1.165, 1.54) is 12.0 Å². The molecule has 116 valence electrons. The first-order valence-electron chi connectivity index (χ1n) is 7.25. The normalized spacial score (nSPS) is 22.0. The standard InChI is InChI=1S/C15H22N2O3S/c1-20-14(18)8-12-6-7-13(21-12)9-17-11-4-2-10(3-5-11)15(16)19/h6-7,10-11,17H,2-5,8-9H2,1H3,(H2,16,19). The summed E-state index contributed by atoms with van der Waals surface area (Å²) in [7, 11) is 1.40. The van der Waals surface area contributed by atoms with Crippen LogP contribution in [0.2, 0.25) is 0 Å². The maximum Gasteiger partial charge on any atom is 0.310 e. The molecule has 1 heterocycles. The molecule has 1 saturated carbocycles. The van der Waals surface area contributed by atoms with E-state index in [1.54, 1.807) is 11.3 Å². The van der Waals surface area contributed by atoms with Crippen molar-refractivity contribution in [1.29, 1.82) is 0 Å². The van der Waals surface area contributed by atoms with Crippen LogP contribution in [0.3, 0.4) is 0 Å². The Hall–Kier alpha value is -1.40. The highest BCUT2D eigenvalue weighted by Crippen LogP contribution is 2.25. The van der Waals surface area contributed by atoms with Crippen molar-refractivity contribution in [2.24, 2.45) is 11.7 Å². The van der Waals surface area contributed by atoms with E-state index in [0.29, 0.717) is 12.5 Å². The number of primary amides is 1. The largest absolute Gasteiger partial charge is 0.469 e. The van der Waals surface area contributed by atoms with E-state index in [4.69, 9.17) is 5.73 Å². The van der Waals surface area contributed by atoms with Crippen LogP contribution in [0.1, 0.15) is 35.4 Å². The Labute approximate surface area is 128 Å². The van der Waals surface area contributed by atoms with Crippen LogP contribution < -0.4 is 11.1 Å². The molecule has 0 saturated heterocycles. The summed E-state index contributed by atoms with van der Waals surface area (Å²) in [6.45, 7) is 0.803. The SMILES string of the molecule is COC(=O)Cc1ccc(CNC2CCC(C(N)=O)CC2)s1. The number of hydrogen-bond acceptors (Lipinski definition) is 5. The van der Waals surface area contributed by atoms with Crippen molar-refractivity contribution in [1.82, 2.24) is 5.32 Å². The molecule has 0 spiro atoms. The predicted octanol–water partition coefficient (Wildman–Crippen LogP) is 1.60. The molecule has 5 nitrogen and oxygen atoms in total. The van der Waals surface area contributed by atoms with Gasteiger partial charge in [0, 0.05) is 28.3 Å². The van der Waals surface area contributed by atoms with Gasteiger partial charge in [-0.25, -0.2) is 0 Å². The van der Waals surface area contributed by atoms with Crippen LogP contribution in [0, 0.1) is 5.92 Å². The molecule has 0 radical (unpaired) electrons. The zero-order valence-electron chi connectivity index (χ0n) is 12.3. The highest BCUT2D eigenvalue weighted by Gasteiger charge is 2.24. The second kappa shape index (κ2) is 7.56. The Morgan fingerprint density at radius 3 is 2.57 bits per heavy atom. The third-order valence-electron chi connectivity index (χ3n) is 3.96. The van der Waals surface area contributed by atoms with E-state index >= 15 is 0 Å². The number of nitrogens with one attached hydrogen (secondary N) is 1. The molecular formula is C15H22N2O3S. The van der Waals surface area contributed by atoms with Crippen LogP contribution in [0.25, 0.3) is 0 Å². The minimum absolute atomic E-state index is 0.0523. The van der Waals surface area contributed by atoms with Gasteiger partial charge in [-0.15, -0.1) is 11.3 Å². The minimum Gasteiger partial charge on any atom is -0.469 e. The molecule has 3 N–H and O–H groups in total. The molecule has 1 aromatic rings. The lowest BCUT2D eigenvalue weighted by molar-refractivity contribution is -0.139. The maximum atomic E-state index is 11.2. The van der Waals surface area contributed by atoms with Crippen molar-refractivity contribution in [3.63, 3.8) is 0 Å². The fourth-order valence-corrected chi connectivity index (χ4v) is 3.61. The first-order valence-corrected chi connectivity index (χ1v) is 8.07. The summed E-state index contributed by atoms with van der Waals surface area (Å²) < 4.78 is 4.66. The highest BCUT2D eigenvalue weighted by atomic mass is 32.1. The Morgan fingerprint density at radius 1 is 1.29 bits per heavy atom. The van der Waals surface area contributed by atoms with E-state index in [1.807, 2.05) is 12.1 Å². The van der Waals surface area contributed by atoms with E-state index in [2.05, 4.69) is 10.1 Å². The van der Waals surface area contributed by atoms with Crippen LogP contribution >= 0.6 is 11.3 Å². The second-order valence-corrected chi connectivity index (χ2v) is 6.71. The third kappa shape index (κ3) is 4.82. The third-order valence-corrected chi connectivity index (χ3v) is 5.04. The molecule has 6 heteroatoms. The summed E-state index contributed by atoms with van der Waals surface area (Å²) in [5.41, 5.74) is 5.34. The summed E-state index contributed by atoms with van der Waals surface area (Å²) >= 11 is 1.63. The first kappa shape index (κ1) is 16.0. The van der Waals surface area contributed by atoms with E-state index < -0.39 is 0 Å². The first-order chi connectivity index (χ1) is 10.1. The number of ether oxygens (including phenoxy) is 1. The van der Waals surface area contributed by atoms with E-state index in [-0.39, 0.29) is 17.8 Å². The fourth-order valence-electron chi connectivity index (χ4n) is 2.65. The number of methoxy groups -OCH3 is 1. The molecule has 1 fully saturated rings. The van der Waals surface area contributed by atoms with Crippen molar-refractivity contribution in [3.05, 3.63) is 21.9 Å². The topological polar surface area (TPSA) is 81.4 Å². The van der Waals surface area contributed by atoms with Gasteiger partial charge in [-0.05, 0) is 37.8 Å². The molecule has 0 aromatic carbocycles. The number of nitrogens with two attached hydrogens (primary N) is 1. The number of thiophene rings is 1. The van der Waals surface area contributed by atoms with Gasteiger partial charge in [0.05, 0.1) is 13.5 Å². The van der Waals surface area contributed by atoms with Gasteiger partial charge in [0.25, 0.3) is 0 Å². The summed E-state index contributed by atoms with van der Waals surface area (Å²) in [5.74, 6) is -0.322. The predicted molar refractivity (Wildman–Crippen MR) is 81.8 cm³/mol. The van der Waals surface area contributed by atoms with Gasteiger partial charge >= 0.3 is 5.97 Å². The van der Waals surface area contributed by atoms with Crippen LogP contribution in [-0.2, 0) is 27.3 Å². The highest BCUT2D eigenvalue weighted by molar-refractivity contribution is 7.12. The number of carbonyl (C=O) groups excluding carboxylic acids is 2. The van der Waals surface area contributed by atoms with Gasteiger partial charge in [0.15, 0.2) is 0 Å². The van der Waals surface area contributed by atoms with Crippen molar-refractivity contribution in [2.75, 3.05) is 7.11 Å². The fraction of sp³-hybridized carbons (Fsp3) is 0.600. The summed E-state index contributed by atoms with van der Waals surface area (Å²) in [5, 5.41) is 3.52. The lowest BCUT2D eigenvalue weighted by Crippen LogP contribution is -2.36. The monoisotopic (exact) mass is 310 g/mol. The molecule has 0 atom stereocenters. The number of rotatable bonds is 6. The van der Waals surface area contributed by atoms with Gasteiger partial charge in [0.2, 0.25) is 5.91 Å². The van der Waals surface area contributed by atoms with Crippen LogP contribution in [0.15, 0.2) is 12.1 Å². The van der Waals surface area contributed by atoms with Gasteiger partial charge < -0.3 is 15.8 Å². The minimum atomic E-state index is -0.207. The molecule has 21 heavy (non-hydrogen) atoms. The van der Waals surface area contributed by atoms with E-state index in [0.717, 1.165) is 37.1 Å². The molecule has 0 aliphatic heterocycles. The Bertz CT molecular complexity index is 493. The van der Waals surface area contributed by atoms with Crippen molar-refractivity contribution in [3.8, 4) is 0 Å². The zero-order chi connectivity index (χ0) is 15.2. The molecule has 1 aliphatic rings. The van der Waals surface area contributed by atoms with Crippen LogP contribution in [0.4, 0.5) is 0 Å². The molecule has 0 unspecified atom stereocenters. The maximum absolute atomic E-state index is 11.2. The molecule has 0 bridgehead atoms. The smallest absolute Gasteiger partial charge is 0.310 e. The lowest BCUT2D eigenvalue weighted by Gasteiger charge is -2.27. The number of esters is 1. The van der Waals surface area contributed by atoms with Gasteiger partial charge in [0.1, 0.15) is 0 Å².